The number of thiophene rings is 1. The van der Waals surface area contributed by atoms with Crippen LogP contribution in [-0.4, -0.2) is 26.0 Å². The van der Waals surface area contributed by atoms with Crippen LogP contribution >= 0.6 is 23.1 Å². The van der Waals surface area contributed by atoms with Crippen LogP contribution in [0.4, 0.5) is 0 Å². The number of nitrogens with one attached hydrogen (secondary N) is 1. The summed E-state index contributed by atoms with van der Waals surface area (Å²) >= 11 is 3.64. The lowest BCUT2D eigenvalue weighted by Crippen LogP contribution is -2.19. The molecule has 1 heterocycles. The summed E-state index contributed by atoms with van der Waals surface area (Å²) in [6.07, 6.45) is 1.12. The Morgan fingerprint density at radius 2 is 2.00 bits per heavy atom. The first-order valence-corrected chi connectivity index (χ1v) is 8.30. The van der Waals surface area contributed by atoms with Gasteiger partial charge in [-0.1, -0.05) is 0 Å². The number of rotatable bonds is 8. The molecular formula is C15H19NOS2. The molecule has 2 nitrogen and oxygen atoms in total. The van der Waals surface area contributed by atoms with Gasteiger partial charge in [0, 0.05) is 17.2 Å². The molecule has 0 saturated carbocycles. The van der Waals surface area contributed by atoms with Gasteiger partial charge in [-0.3, -0.25) is 0 Å². The van der Waals surface area contributed by atoms with Crippen LogP contribution in [0.1, 0.15) is 5.56 Å². The van der Waals surface area contributed by atoms with Crippen molar-refractivity contribution in [3.05, 3.63) is 46.7 Å². The number of thioether (sulfide) groups is 1. The fraction of sp³-hybridized carbons (Fsp3) is 0.333. The van der Waals surface area contributed by atoms with Gasteiger partial charge in [0.15, 0.2) is 0 Å². The summed E-state index contributed by atoms with van der Waals surface area (Å²) in [7, 11) is 1.69. The van der Waals surface area contributed by atoms with Crippen molar-refractivity contribution in [1.82, 2.24) is 5.32 Å². The quantitative estimate of drug-likeness (QED) is 0.592. The van der Waals surface area contributed by atoms with Gasteiger partial charge in [-0.2, -0.15) is 11.3 Å². The van der Waals surface area contributed by atoms with Gasteiger partial charge >= 0.3 is 0 Å². The third-order valence-electron chi connectivity index (χ3n) is 2.78. The SMILES string of the molecule is COc1ccc(SCCNCCc2ccsc2)cc1. The standard InChI is InChI=1S/C15H19NOS2/c1-17-14-2-4-15(5-3-14)19-11-9-16-8-6-13-7-10-18-12-13/h2-5,7,10,12,16H,6,8-9,11H2,1H3. The first-order valence-electron chi connectivity index (χ1n) is 6.37. The molecule has 0 aliphatic heterocycles. The van der Waals surface area contributed by atoms with E-state index in [1.54, 1.807) is 18.4 Å². The number of ether oxygens (including phenoxy) is 1. The molecular weight excluding hydrogens is 274 g/mol. The second-order valence-corrected chi connectivity index (χ2v) is 6.10. The van der Waals surface area contributed by atoms with Crippen molar-refractivity contribution in [3.63, 3.8) is 0 Å². The Kier molecular flexibility index (Phi) is 6.27. The van der Waals surface area contributed by atoms with Gasteiger partial charge in [0.25, 0.3) is 0 Å². The predicted octanol–water partition coefficient (Wildman–Crippen LogP) is 3.68. The number of hydrogen-bond acceptors (Lipinski definition) is 4. The molecule has 0 radical (unpaired) electrons. The van der Waals surface area contributed by atoms with Crippen molar-refractivity contribution >= 4 is 23.1 Å². The largest absolute Gasteiger partial charge is 0.497 e. The molecule has 102 valence electrons. The molecule has 0 amide bonds. The van der Waals surface area contributed by atoms with Crippen LogP contribution in [0.15, 0.2) is 46.0 Å². The van der Waals surface area contributed by atoms with Gasteiger partial charge in [0.1, 0.15) is 5.75 Å². The average molecular weight is 293 g/mol. The van der Waals surface area contributed by atoms with E-state index in [-0.39, 0.29) is 0 Å². The average Bonchev–Trinajstić information content (AvgIpc) is 2.96. The zero-order valence-corrected chi connectivity index (χ0v) is 12.7. The molecule has 1 N–H and O–H groups in total. The Labute approximate surface area is 123 Å². The van der Waals surface area contributed by atoms with Crippen molar-refractivity contribution in [2.75, 3.05) is 26.0 Å². The van der Waals surface area contributed by atoms with Crippen LogP contribution in [0.25, 0.3) is 0 Å². The number of benzene rings is 1. The minimum Gasteiger partial charge on any atom is -0.497 e. The maximum atomic E-state index is 5.14. The first-order chi connectivity index (χ1) is 9.38. The van der Waals surface area contributed by atoms with E-state index in [1.807, 2.05) is 23.9 Å². The molecule has 0 spiro atoms. The molecule has 1 aromatic carbocycles. The highest BCUT2D eigenvalue weighted by Crippen LogP contribution is 2.20. The van der Waals surface area contributed by atoms with Gasteiger partial charge in [0.2, 0.25) is 0 Å². The Morgan fingerprint density at radius 3 is 2.68 bits per heavy atom. The molecule has 1 aromatic heterocycles. The van der Waals surface area contributed by atoms with E-state index in [1.165, 1.54) is 10.5 Å². The summed E-state index contributed by atoms with van der Waals surface area (Å²) < 4.78 is 5.14. The zero-order valence-electron chi connectivity index (χ0n) is 11.1. The van der Waals surface area contributed by atoms with Crippen LogP contribution in [0.3, 0.4) is 0 Å². The lowest BCUT2D eigenvalue weighted by atomic mass is 10.2. The van der Waals surface area contributed by atoms with E-state index in [9.17, 15) is 0 Å². The smallest absolute Gasteiger partial charge is 0.118 e. The van der Waals surface area contributed by atoms with Crippen LogP contribution in [0.2, 0.25) is 0 Å². The molecule has 0 aliphatic rings. The summed E-state index contributed by atoms with van der Waals surface area (Å²) in [5, 5.41) is 7.83. The van der Waals surface area contributed by atoms with E-state index in [2.05, 4.69) is 34.3 Å². The Bertz CT molecular complexity index is 454. The molecule has 0 fully saturated rings. The second kappa shape index (κ2) is 8.25. The molecule has 0 atom stereocenters. The van der Waals surface area contributed by atoms with E-state index in [0.29, 0.717) is 0 Å². The van der Waals surface area contributed by atoms with Crippen molar-refractivity contribution in [2.24, 2.45) is 0 Å². The second-order valence-electron chi connectivity index (χ2n) is 4.16. The summed E-state index contributed by atoms with van der Waals surface area (Å²) in [4.78, 5) is 1.29. The summed E-state index contributed by atoms with van der Waals surface area (Å²) in [5.74, 6) is 2.01. The van der Waals surface area contributed by atoms with Gasteiger partial charge < -0.3 is 10.1 Å². The molecule has 19 heavy (non-hydrogen) atoms. The van der Waals surface area contributed by atoms with Gasteiger partial charge in [0.05, 0.1) is 7.11 Å². The van der Waals surface area contributed by atoms with E-state index in [0.717, 1.165) is 31.0 Å². The molecule has 0 saturated heterocycles. The van der Waals surface area contributed by atoms with E-state index >= 15 is 0 Å². The van der Waals surface area contributed by atoms with Crippen molar-refractivity contribution in [3.8, 4) is 5.75 Å². The van der Waals surface area contributed by atoms with Crippen molar-refractivity contribution in [1.29, 1.82) is 0 Å². The van der Waals surface area contributed by atoms with Crippen molar-refractivity contribution < 1.29 is 4.74 Å². The summed E-state index contributed by atoms with van der Waals surface area (Å²) in [5.41, 5.74) is 1.43. The maximum absolute atomic E-state index is 5.14. The molecule has 0 unspecified atom stereocenters. The first kappa shape index (κ1) is 14.4. The Morgan fingerprint density at radius 1 is 1.16 bits per heavy atom. The van der Waals surface area contributed by atoms with Gasteiger partial charge in [-0.25, -0.2) is 0 Å². The third kappa shape index (κ3) is 5.27. The Balaban J connectivity index is 1.56. The summed E-state index contributed by atoms with van der Waals surface area (Å²) in [6.45, 7) is 2.10. The van der Waals surface area contributed by atoms with Crippen LogP contribution < -0.4 is 10.1 Å². The van der Waals surface area contributed by atoms with Gasteiger partial charge in [-0.05, 0) is 59.6 Å². The van der Waals surface area contributed by atoms with E-state index < -0.39 is 0 Å². The monoisotopic (exact) mass is 293 g/mol. The minimum absolute atomic E-state index is 0.915. The molecule has 2 aromatic rings. The minimum atomic E-state index is 0.915. The highest BCUT2D eigenvalue weighted by Gasteiger charge is 1.96. The molecule has 0 bridgehead atoms. The fourth-order valence-corrected chi connectivity index (χ4v) is 3.22. The Hall–Kier alpha value is -0.970. The molecule has 2 rings (SSSR count). The highest BCUT2D eigenvalue weighted by molar-refractivity contribution is 7.99. The predicted molar refractivity (Wildman–Crippen MR) is 84.6 cm³/mol. The van der Waals surface area contributed by atoms with Crippen molar-refractivity contribution in [2.45, 2.75) is 11.3 Å². The third-order valence-corrected chi connectivity index (χ3v) is 4.52. The topological polar surface area (TPSA) is 21.3 Å². The highest BCUT2D eigenvalue weighted by atomic mass is 32.2. The van der Waals surface area contributed by atoms with Crippen LogP contribution in [-0.2, 0) is 6.42 Å². The zero-order chi connectivity index (χ0) is 13.3. The fourth-order valence-electron chi connectivity index (χ4n) is 1.71. The number of hydrogen-bond donors (Lipinski definition) is 1. The lowest BCUT2D eigenvalue weighted by molar-refractivity contribution is 0.414. The lowest BCUT2D eigenvalue weighted by Gasteiger charge is -2.05. The van der Waals surface area contributed by atoms with Crippen LogP contribution in [0.5, 0.6) is 5.75 Å². The van der Waals surface area contributed by atoms with E-state index in [4.69, 9.17) is 4.74 Å². The normalized spacial score (nSPS) is 10.6. The molecule has 4 heteroatoms. The number of methoxy groups -OCH3 is 1. The molecule has 0 aliphatic carbocycles. The van der Waals surface area contributed by atoms with Gasteiger partial charge in [-0.15, -0.1) is 11.8 Å². The van der Waals surface area contributed by atoms with Crippen LogP contribution in [0, 0.1) is 0 Å². The summed E-state index contributed by atoms with van der Waals surface area (Å²) in [6, 6.07) is 10.4. The maximum Gasteiger partial charge on any atom is 0.118 e.